The van der Waals surface area contributed by atoms with Crippen LogP contribution in [-0.2, 0) is 9.53 Å². The molecule has 1 aromatic carbocycles. The van der Waals surface area contributed by atoms with Crippen LogP contribution in [0.1, 0.15) is 20.8 Å². The molecule has 1 aromatic rings. The lowest BCUT2D eigenvalue weighted by Gasteiger charge is -2.20. The topological polar surface area (TPSA) is 38.3 Å². The van der Waals surface area contributed by atoms with Crippen molar-refractivity contribution in [1.29, 1.82) is 0 Å². The fourth-order valence-electron chi connectivity index (χ4n) is 1.25. The van der Waals surface area contributed by atoms with Gasteiger partial charge in [-0.05, 0) is 32.9 Å². The molecule has 0 aliphatic carbocycles. The van der Waals surface area contributed by atoms with Gasteiger partial charge in [0.25, 0.3) is 0 Å². The molecule has 0 aliphatic rings. The molecule has 18 heavy (non-hydrogen) atoms. The van der Waals surface area contributed by atoms with E-state index in [4.69, 9.17) is 39.5 Å². The van der Waals surface area contributed by atoms with Crippen molar-refractivity contribution in [1.82, 2.24) is 0 Å². The standard InChI is InChI=1S/C12H14Cl3NO2/c1-12(2,3)18-10(17)6-16-11-8(14)4-7(13)5-9(11)15/h4-5,16H,6H2,1-3H3. The largest absolute Gasteiger partial charge is 0.459 e. The maximum absolute atomic E-state index is 11.5. The van der Waals surface area contributed by atoms with Crippen LogP contribution < -0.4 is 5.32 Å². The lowest BCUT2D eigenvalue weighted by Crippen LogP contribution is -2.28. The first-order chi connectivity index (χ1) is 8.19. The van der Waals surface area contributed by atoms with Gasteiger partial charge >= 0.3 is 5.97 Å². The summed E-state index contributed by atoms with van der Waals surface area (Å²) < 4.78 is 5.15. The maximum Gasteiger partial charge on any atom is 0.325 e. The van der Waals surface area contributed by atoms with Crippen molar-refractivity contribution < 1.29 is 9.53 Å². The third-order valence-corrected chi connectivity index (χ3v) is 2.65. The summed E-state index contributed by atoms with van der Waals surface area (Å²) in [5.41, 5.74) is -0.0552. The smallest absolute Gasteiger partial charge is 0.325 e. The molecule has 0 fully saturated rings. The number of carbonyl (C=O) groups is 1. The highest BCUT2D eigenvalue weighted by Crippen LogP contribution is 2.33. The molecule has 0 saturated heterocycles. The average Bonchev–Trinajstić information content (AvgIpc) is 2.12. The zero-order chi connectivity index (χ0) is 13.9. The van der Waals surface area contributed by atoms with Gasteiger partial charge in [-0.2, -0.15) is 0 Å². The third-order valence-electron chi connectivity index (χ3n) is 1.84. The van der Waals surface area contributed by atoms with E-state index in [1.54, 1.807) is 32.9 Å². The number of anilines is 1. The van der Waals surface area contributed by atoms with E-state index in [2.05, 4.69) is 5.32 Å². The SMILES string of the molecule is CC(C)(C)OC(=O)CNc1c(Cl)cc(Cl)cc1Cl. The summed E-state index contributed by atoms with van der Waals surface area (Å²) in [6.45, 7) is 5.38. The normalized spacial score (nSPS) is 11.2. The average molecular weight is 311 g/mol. The zero-order valence-electron chi connectivity index (χ0n) is 10.3. The second kappa shape index (κ2) is 6.00. The Morgan fingerprint density at radius 1 is 1.22 bits per heavy atom. The molecule has 1 rings (SSSR count). The van der Waals surface area contributed by atoms with Gasteiger partial charge in [-0.3, -0.25) is 4.79 Å². The Labute approximate surface area is 121 Å². The Kier molecular flexibility index (Phi) is 5.14. The quantitative estimate of drug-likeness (QED) is 0.841. The number of nitrogens with one attached hydrogen (secondary N) is 1. The first-order valence-corrected chi connectivity index (χ1v) is 6.43. The number of hydrogen-bond acceptors (Lipinski definition) is 3. The van der Waals surface area contributed by atoms with E-state index in [0.717, 1.165) is 0 Å². The van der Waals surface area contributed by atoms with E-state index < -0.39 is 5.60 Å². The monoisotopic (exact) mass is 309 g/mol. The summed E-state index contributed by atoms with van der Waals surface area (Å²) in [5.74, 6) is -0.385. The van der Waals surface area contributed by atoms with E-state index >= 15 is 0 Å². The van der Waals surface area contributed by atoms with E-state index in [-0.39, 0.29) is 12.5 Å². The predicted octanol–water partition coefficient (Wildman–Crippen LogP) is 4.40. The molecule has 0 aromatic heterocycles. The Bertz CT molecular complexity index is 432. The molecule has 0 bridgehead atoms. The van der Waals surface area contributed by atoms with Gasteiger partial charge in [-0.25, -0.2) is 0 Å². The molecule has 0 aliphatic heterocycles. The molecule has 3 nitrogen and oxygen atoms in total. The van der Waals surface area contributed by atoms with Crippen molar-refractivity contribution in [2.24, 2.45) is 0 Å². The summed E-state index contributed by atoms with van der Waals surface area (Å²) in [5, 5.41) is 3.99. The number of benzene rings is 1. The fraction of sp³-hybridized carbons (Fsp3) is 0.417. The molecular formula is C12H14Cl3NO2. The molecule has 0 radical (unpaired) electrons. The van der Waals surface area contributed by atoms with Gasteiger partial charge in [-0.1, -0.05) is 34.8 Å². The van der Waals surface area contributed by atoms with Gasteiger partial charge < -0.3 is 10.1 Å². The molecular weight excluding hydrogens is 296 g/mol. The number of halogens is 3. The number of hydrogen-bond donors (Lipinski definition) is 1. The summed E-state index contributed by atoms with van der Waals surface area (Å²) in [6.07, 6.45) is 0. The summed E-state index contributed by atoms with van der Waals surface area (Å²) >= 11 is 17.7. The molecule has 0 atom stereocenters. The van der Waals surface area contributed by atoms with Gasteiger partial charge in [0, 0.05) is 5.02 Å². The minimum absolute atomic E-state index is 0.0155. The molecule has 0 unspecified atom stereocenters. The van der Waals surface area contributed by atoms with E-state index in [0.29, 0.717) is 20.8 Å². The van der Waals surface area contributed by atoms with Crippen LogP contribution >= 0.6 is 34.8 Å². The van der Waals surface area contributed by atoms with Crippen molar-refractivity contribution in [3.8, 4) is 0 Å². The van der Waals surface area contributed by atoms with Crippen molar-refractivity contribution in [2.75, 3.05) is 11.9 Å². The lowest BCUT2D eigenvalue weighted by molar-refractivity contribution is -0.152. The van der Waals surface area contributed by atoms with Gasteiger partial charge in [-0.15, -0.1) is 0 Å². The number of rotatable bonds is 3. The molecule has 0 saturated carbocycles. The summed E-state index contributed by atoms with van der Waals surface area (Å²) in [7, 11) is 0. The molecule has 100 valence electrons. The van der Waals surface area contributed by atoms with Gasteiger partial charge in [0.05, 0.1) is 15.7 Å². The number of esters is 1. The van der Waals surface area contributed by atoms with Crippen LogP contribution in [0.15, 0.2) is 12.1 Å². The lowest BCUT2D eigenvalue weighted by atomic mass is 10.2. The Balaban J connectivity index is 2.67. The van der Waals surface area contributed by atoms with Crippen LogP contribution in [0.4, 0.5) is 5.69 Å². The highest BCUT2D eigenvalue weighted by Gasteiger charge is 2.16. The first kappa shape index (κ1) is 15.4. The maximum atomic E-state index is 11.5. The fourth-order valence-corrected chi connectivity index (χ4v) is 2.20. The second-order valence-corrected chi connectivity index (χ2v) is 5.94. The van der Waals surface area contributed by atoms with Crippen LogP contribution in [0.3, 0.4) is 0 Å². The predicted molar refractivity (Wildman–Crippen MR) is 75.8 cm³/mol. The Morgan fingerprint density at radius 3 is 2.17 bits per heavy atom. The van der Waals surface area contributed by atoms with Gasteiger partial charge in [0.15, 0.2) is 0 Å². The molecule has 6 heteroatoms. The molecule has 0 spiro atoms. The van der Waals surface area contributed by atoms with E-state index in [1.165, 1.54) is 0 Å². The van der Waals surface area contributed by atoms with Crippen LogP contribution in [0.25, 0.3) is 0 Å². The van der Waals surface area contributed by atoms with Gasteiger partial charge in [0.1, 0.15) is 12.1 Å². The van der Waals surface area contributed by atoms with E-state index in [1.807, 2.05) is 0 Å². The molecule has 0 amide bonds. The van der Waals surface area contributed by atoms with Crippen molar-refractivity contribution in [3.05, 3.63) is 27.2 Å². The molecule has 1 N–H and O–H groups in total. The van der Waals surface area contributed by atoms with Crippen molar-refractivity contribution in [2.45, 2.75) is 26.4 Å². The Hall–Kier alpha value is -0.640. The van der Waals surface area contributed by atoms with Gasteiger partial charge in [0.2, 0.25) is 0 Å². The van der Waals surface area contributed by atoms with Crippen molar-refractivity contribution in [3.63, 3.8) is 0 Å². The highest BCUT2D eigenvalue weighted by atomic mass is 35.5. The Morgan fingerprint density at radius 2 is 1.72 bits per heavy atom. The third kappa shape index (κ3) is 4.92. The first-order valence-electron chi connectivity index (χ1n) is 5.29. The van der Waals surface area contributed by atoms with Crippen molar-refractivity contribution >= 4 is 46.5 Å². The minimum atomic E-state index is -0.521. The second-order valence-electron chi connectivity index (χ2n) is 4.68. The number of ether oxygens (including phenoxy) is 1. The molecule has 0 heterocycles. The highest BCUT2D eigenvalue weighted by molar-refractivity contribution is 6.41. The number of carbonyl (C=O) groups excluding carboxylic acids is 1. The minimum Gasteiger partial charge on any atom is -0.459 e. The van der Waals surface area contributed by atoms with Crippen LogP contribution in [0.2, 0.25) is 15.1 Å². The van der Waals surface area contributed by atoms with Crippen LogP contribution in [-0.4, -0.2) is 18.1 Å². The summed E-state index contributed by atoms with van der Waals surface area (Å²) in [4.78, 5) is 11.5. The van der Waals surface area contributed by atoms with Crippen LogP contribution in [0, 0.1) is 0 Å². The zero-order valence-corrected chi connectivity index (χ0v) is 12.6. The summed E-state index contributed by atoms with van der Waals surface area (Å²) in [6, 6.07) is 3.10. The van der Waals surface area contributed by atoms with E-state index in [9.17, 15) is 4.79 Å². The van der Waals surface area contributed by atoms with Crippen LogP contribution in [0.5, 0.6) is 0 Å².